The third-order valence-corrected chi connectivity index (χ3v) is 4.07. The SMILES string of the molecule is CC(C)CC1CCCCN1C(=O)c1ccc(CN)cc1. The van der Waals surface area contributed by atoms with Gasteiger partial charge in [0.2, 0.25) is 0 Å². The Hall–Kier alpha value is -1.35. The molecule has 0 saturated carbocycles. The van der Waals surface area contributed by atoms with Crippen LogP contribution in [0.2, 0.25) is 0 Å². The maximum Gasteiger partial charge on any atom is 0.254 e. The maximum atomic E-state index is 12.7. The monoisotopic (exact) mass is 274 g/mol. The van der Waals surface area contributed by atoms with E-state index in [9.17, 15) is 4.79 Å². The maximum absolute atomic E-state index is 12.7. The number of carbonyl (C=O) groups excluding carboxylic acids is 1. The van der Waals surface area contributed by atoms with Gasteiger partial charge < -0.3 is 10.6 Å². The smallest absolute Gasteiger partial charge is 0.254 e. The van der Waals surface area contributed by atoms with Crippen LogP contribution in [0.25, 0.3) is 0 Å². The minimum Gasteiger partial charge on any atom is -0.336 e. The molecule has 1 unspecified atom stereocenters. The lowest BCUT2D eigenvalue weighted by molar-refractivity contribution is 0.0584. The molecule has 3 heteroatoms. The first-order valence-electron chi connectivity index (χ1n) is 7.71. The lowest BCUT2D eigenvalue weighted by Crippen LogP contribution is -2.44. The molecular formula is C17H26N2O. The quantitative estimate of drug-likeness (QED) is 0.916. The highest BCUT2D eigenvalue weighted by Crippen LogP contribution is 2.24. The Morgan fingerprint density at radius 2 is 2.00 bits per heavy atom. The first kappa shape index (κ1) is 15.0. The van der Waals surface area contributed by atoms with Crippen LogP contribution in [0.1, 0.15) is 55.5 Å². The molecule has 1 aliphatic heterocycles. The summed E-state index contributed by atoms with van der Waals surface area (Å²) < 4.78 is 0. The first-order valence-corrected chi connectivity index (χ1v) is 7.71. The summed E-state index contributed by atoms with van der Waals surface area (Å²) in [6, 6.07) is 8.13. The van der Waals surface area contributed by atoms with Gasteiger partial charge in [0, 0.05) is 24.7 Å². The number of likely N-dealkylation sites (tertiary alicyclic amines) is 1. The normalized spacial score (nSPS) is 19.4. The van der Waals surface area contributed by atoms with Crippen molar-refractivity contribution in [3.8, 4) is 0 Å². The van der Waals surface area contributed by atoms with Crippen molar-refractivity contribution in [1.82, 2.24) is 4.90 Å². The van der Waals surface area contributed by atoms with E-state index in [-0.39, 0.29) is 5.91 Å². The predicted molar refractivity (Wildman–Crippen MR) is 82.5 cm³/mol. The summed E-state index contributed by atoms with van der Waals surface area (Å²) in [4.78, 5) is 14.8. The van der Waals surface area contributed by atoms with Crippen molar-refractivity contribution >= 4 is 5.91 Å². The number of amides is 1. The van der Waals surface area contributed by atoms with Gasteiger partial charge in [0.25, 0.3) is 5.91 Å². The van der Waals surface area contributed by atoms with Crippen LogP contribution < -0.4 is 5.73 Å². The zero-order valence-corrected chi connectivity index (χ0v) is 12.6. The molecule has 1 aromatic rings. The van der Waals surface area contributed by atoms with Crippen molar-refractivity contribution in [2.75, 3.05) is 6.54 Å². The lowest BCUT2D eigenvalue weighted by Gasteiger charge is -2.37. The predicted octanol–water partition coefficient (Wildman–Crippen LogP) is 3.19. The summed E-state index contributed by atoms with van der Waals surface area (Å²) in [7, 11) is 0. The van der Waals surface area contributed by atoms with Gasteiger partial charge in [-0.05, 0) is 49.3 Å². The molecule has 1 aliphatic rings. The molecule has 1 aromatic carbocycles. The average Bonchev–Trinajstić information content (AvgIpc) is 2.46. The Balaban J connectivity index is 2.11. The molecule has 2 N–H and O–H groups in total. The van der Waals surface area contributed by atoms with Gasteiger partial charge >= 0.3 is 0 Å². The van der Waals surface area contributed by atoms with Crippen LogP contribution in [0.4, 0.5) is 0 Å². The molecule has 0 bridgehead atoms. The molecule has 110 valence electrons. The molecule has 1 fully saturated rings. The van der Waals surface area contributed by atoms with Gasteiger partial charge in [-0.2, -0.15) is 0 Å². The van der Waals surface area contributed by atoms with Crippen molar-refractivity contribution in [1.29, 1.82) is 0 Å². The van der Waals surface area contributed by atoms with Crippen LogP contribution in [-0.4, -0.2) is 23.4 Å². The Morgan fingerprint density at radius 3 is 2.60 bits per heavy atom. The number of nitrogens with zero attached hydrogens (tertiary/aromatic N) is 1. The third-order valence-electron chi connectivity index (χ3n) is 4.07. The van der Waals surface area contributed by atoms with Crippen LogP contribution in [-0.2, 0) is 6.54 Å². The number of carbonyl (C=O) groups is 1. The zero-order valence-electron chi connectivity index (χ0n) is 12.6. The van der Waals surface area contributed by atoms with Crippen molar-refractivity contribution in [2.24, 2.45) is 11.7 Å². The van der Waals surface area contributed by atoms with E-state index in [1.165, 1.54) is 6.42 Å². The molecule has 1 saturated heterocycles. The molecule has 1 atom stereocenters. The van der Waals surface area contributed by atoms with Crippen LogP contribution >= 0.6 is 0 Å². The van der Waals surface area contributed by atoms with Gasteiger partial charge in [0.1, 0.15) is 0 Å². The molecular weight excluding hydrogens is 248 g/mol. The van der Waals surface area contributed by atoms with Crippen molar-refractivity contribution < 1.29 is 4.79 Å². The summed E-state index contributed by atoms with van der Waals surface area (Å²) in [5, 5.41) is 0. The fourth-order valence-electron chi connectivity index (χ4n) is 3.01. The molecule has 1 amide bonds. The largest absolute Gasteiger partial charge is 0.336 e. The number of nitrogens with two attached hydrogens (primary N) is 1. The van der Waals surface area contributed by atoms with E-state index in [4.69, 9.17) is 5.73 Å². The Bertz CT molecular complexity index is 439. The number of piperidine rings is 1. The van der Waals surface area contributed by atoms with Gasteiger partial charge in [-0.1, -0.05) is 26.0 Å². The van der Waals surface area contributed by atoms with E-state index in [2.05, 4.69) is 18.7 Å². The lowest BCUT2D eigenvalue weighted by atomic mass is 9.93. The van der Waals surface area contributed by atoms with Crippen LogP contribution in [0, 0.1) is 5.92 Å². The van der Waals surface area contributed by atoms with Gasteiger partial charge in [0.15, 0.2) is 0 Å². The second-order valence-electron chi connectivity index (χ2n) is 6.18. The molecule has 20 heavy (non-hydrogen) atoms. The van der Waals surface area contributed by atoms with Gasteiger partial charge in [-0.15, -0.1) is 0 Å². The molecule has 0 spiro atoms. The molecule has 0 aromatic heterocycles. The van der Waals surface area contributed by atoms with Crippen LogP contribution in [0.15, 0.2) is 24.3 Å². The fraction of sp³-hybridized carbons (Fsp3) is 0.588. The number of hydrogen-bond donors (Lipinski definition) is 1. The van der Waals surface area contributed by atoms with E-state index in [1.54, 1.807) is 0 Å². The van der Waals surface area contributed by atoms with Crippen molar-refractivity contribution in [2.45, 2.75) is 52.1 Å². The molecule has 3 nitrogen and oxygen atoms in total. The minimum absolute atomic E-state index is 0.180. The van der Waals surface area contributed by atoms with Crippen molar-refractivity contribution in [3.05, 3.63) is 35.4 Å². The fourth-order valence-corrected chi connectivity index (χ4v) is 3.01. The molecule has 1 heterocycles. The second-order valence-corrected chi connectivity index (χ2v) is 6.18. The minimum atomic E-state index is 0.180. The van der Waals surface area contributed by atoms with E-state index in [0.29, 0.717) is 18.5 Å². The van der Waals surface area contributed by atoms with E-state index in [1.807, 2.05) is 24.3 Å². The van der Waals surface area contributed by atoms with Crippen molar-refractivity contribution in [3.63, 3.8) is 0 Å². The van der Waals surface area contributed by atoms with E-state index >= 15 is 0 Å². The Kier molecular flexibility index (Phi) is 5.18. The van der Waals surface area contributed by atoms with E-state index < -0.39 is 0 Å². The molecule has 0 aliphatic carbocycles. The van der Waals surface area contributed by atoms with Gasteiger partial charge in [-0.3, -0.25) is 4.79 Å². The topological polar surface area (TPSA) is 46.3 Å². The number of benzene rings is 1. The van der Waals surface area contributed by atoms with Crippen LogP contribution in [0.5, 0.6) is 0 Å². The first-order chi connectivity index (χ1) is 9.61. The highest BCUT2D eigenvalue weighted by molar-refractivity contribution is 5.94. The molecule has 2 rings (SSSR count). The second kappa shape index (κ2) is 6.89. The highest BCUT2D eigenvalue weighted by Gasteiger charge is 2.27. The molecule has 0 radical (unpaired) electrons. The number of rotatable bonds is 4. The number of hydrogen-bond acceptors (Lipinski definition) is 2. The van der Waals surface area contributed by atoms with Crippen LogP contribution in [0.3, 0.4) is 0 Å². The summed E-state index contributed by atoms with van der Waals surface area (Å²) in [5.74, 6) is 0.812. The summed E-state index contributed by atoms with van der Waals surface area (Å²) in [6.07, 6.45) is 4.62. The Labute approximate surface area is 122 Å². The standard InChI is InChI=1S/C17H26N2O/c1-13(2)11-16-5-3-4-10-19(16)17(20)15-8-6-14(12-18)7-9-15/h6-9,13,16H,3-5,10-12,18H2,1-2H3. The van der Waals surface area contributed by atoms with Gasteiger partial charge in [0.05, 0.1) is 0 Å². The average molecular weight is 274 g/mol. The van der Waals surface area contributed by atoms with E-state index in [0.717, 1.165) is 36.9 Å². The third kappa shape index (κ3) is 3.60. The Morgan fingerprint density at radius 1 is 1.30 bits per heavy atom. The summed E-state index contributed by atoms with van der Waals surface area (Å²) in [5.41, 5.74) is 7.46. The summed E-state index contributed by atoms with van der Waals surface area (Å²) >= 11 is 0. The zero-order chi connectivity index (χ0) is 14.5. The highest BCUT2D eigenvalue weighted by atomic mass is 16.2. The summed E-state index contributed by atoms with van der Waals surface area (Å²) in [6.45, 7) is 5.88. The van der Waals surface area contributed by atoms with Gasteiger partial charge in [-0.25, -0.2) is 0 Å².